The summed E-state index contributed by atoms with van der Waals surface area (Å²) in [4.78, 5) is 0. The molecule has 160 valence electrons. The number of benzene rings is 3. The second-order valence-electron chi connectivity index (χ2n) is 6.83. The lowest BCUT2D eigenvalue weighted by atomic mass is 9.91. The van der Waals surface area contributed by atoms with E-state index in [0.717, 1.165) is 35.4 Å². The van der Waals surface area contributed by atoms with E-state index in [2.05, 4.69) is 17.4 Å². The van der Waals surface area contributed by atoms with Gasteiger partial charge in [0.1, 0.15) is 0 Å². The quantitative estimate of drug-likeness (QED) is 0.616. The summed E-state index contributed by atoms with van der Waals surface area (Å²) in [6.07, 6.45) is 0. The molecule has 4 rings (SSSR count). The molecule has 0 aromatic heterocycles. The highest BCUT2D eigenvalue weighted by molar-refractivity contribution is 5.95. The Morgan fingerprint density at radius 3 is 1.77 bits per heavy atom. The molecular formula is C23H26ClNO5. The molecule has 3 aromatic rings. The Hall–Kier alpha value is -2.83. The van der Waals surface area contributed by atoms with Crippen molar-refractivity contribution in [2.75, 3.05) is 35.5 Å². The lowest BCUT2D eigenvalue weighted by molar-refractivity contribution is 0.324. The molecule has 1 aliphatic heterocycles. The van der Waals surface area contributed by atoms with E-state index in [1.165, 1.54) is 16.5 Å². The summed E-state index contributed by atoms with van der Waals surface area (Å²) in [5, 5.41) is 5.73. The third-order valence-electron chi connectivity index (χ3n) is 5.45. The maximum Gasteiger partial charge on any atom is 0.203 e. The third-order valence-corrected chi connectivity index (χ3v) is 5.45. The second kappa shape index (κ2) is 8.90. The Labute approximate surface area is 182 Å². The van der Waals surface area contributed by atoms with E-state index in [0.29, 0.717) is 23.0 Å². The Kier molecular flexibility index (Phi) is 6.48. The predicted molar refractivity (Wildman–Crippen MR) is 120 cm³/mol. The number of ether oxygens (including phenoxy) is 5. The minimum Gasteiger partial charge on any atom is -0.493 e. The van der Waals surface area contributed by atoms with E-state index in [4.69, 9.17) is 23.7 Å². The van der Waals surface area contributed by atoms with Crippen LogP contribution in [0.15, 0.2) is 30.3 Å². The fourth-order valence-electron chi connectivity index (χ4n) is 4.05. The zero-order valence-corrected chi connectivity index (χ0v) is 18.6. The van der Waals surface area contributed by atoms with Crippen molar-refractivity contribution >= 4 is 23.2 Å². The van der Waals surface area contributed by atoms with Gasteiger partial charge in [-0.3, -0.25) is 0 Å². The maximum absolute atomic E-state index is 5.56. The molecule has 0 spiro atoms. The number of hydrogen-bond donors (Lipinski definition) is 1. The molecule has 6 nitrogen and oxygen atoms in total. The van der Waals surface area contributed by atoms with Crippen molar-refractivity contribution < 1.29 is 23.7 Å². The zero-order valence-electron chi connectivity index (χ0n) is 17.8. The van der Waals surface area contributed by atoms with Gasteiger partial charge in [0.05, 0.1) is 35.5 Å². The van der Waals surface area contributed by atoms with Crippen LogP contribution in [0.4, 0.5) is 0 Å². The van der Waals surface area contributed by atoms with Crippen LogP contribution in [0, 0.1) is 0 Å². The van der Waals surface area contributed by atoms with Gasteiger partial charge in [-0.15, -0.1) is 12.4 Å². The highest BCUT2D eigenvalue weighted by Crippen LogP contribution is 2.45. The standard InChI is InChI=1S/C23H25NO5.ClH/c1-25-19-7-13-6-15(14-8-21(27-3)23(29-5)22(9-14)28-4)17-11-24-12-18(17)16(13)10-20(19)26-2;/h6-10,24H,11-12H2,1-5H3;1H. The van der Waals surface area contributed by atoms with Crippen molar-refractivity contribution in [2.45, 2.75) is 13.1 Å². The van der Waals surface area contributed by atoms with Crippen molar-refractivity contribution in [3.8, 4) is 39.9 Å². The number of rotatable bonds is 6. The average molecular weight is 432 g/mol. The van der Waals surface area contributed by atoms with Crippen molar-refractivity contribution in [1.29, 1.82) is 0 Å². The summed E-state index contributed by atoms with van der Waals surface area (Å²) in [6, 6.07) is 10.2. The van der Waals surface area contributed by atoms with Gasteiger partial charge in [-0.05, 0) is 63.4 Å². The van der Waals surface area contributed by atoms with Crippen LogP contribution in [0.25, 0.3) is 21.9 Å². The van der Waals surface area contributed by atoms with E-state index >= 15 is 0 Å². The van der Waals surface area contributed by atoms with Gasteiger partial charge in [-0.25, -0.2) is 0 Å². The van der Waals surface area contributed by atoms with Crippen LogP contribution in [0.1, 0.15) is 11.1 Å². The number of hydrogen-bond acceptors (Lipinski definition) is 6. The van der Waals surface area contributed by atoms with Crippen molar-refractivity contribution in [1.82, 2.24) is 5.32 Å². The first-order valence-corrected chi connectivity index (χ1v) is 9.36. The van der Waals surface area contributed by atoms with Crippen molar-refractivity contribution in [3.63, 3.8) is 0 Å². The molecule has 0 fully saturated rings. The first kappa shape index (κ1) is 21.9. The molecule has 0 bridgehead atoms. The van der Waals surface area contributed by atoms with Crippen LogP contribution in [0.5, 0.6) is 28.7 Å². The summed E-state index contributed by atoms with van der Waals surface area (Å²) < 4.78 is 27.6. The van der Waals surface area contributed by atoms with E-state index < -0.39 is 0 Å². The maximum atomic E-state index is 5.56. The lowest BCUT2D eigenvalue weighted by Gasteiger charge is -2.18. The first-order valence-electron chi connectivity index (χ1n) is 9.36. The van der Waals surface area contributed by atoms with Gasteiger partial charge in [-0.1, -0.05) is 0 Å². The molecule has 0 unspecified atom stereocenters. The van der Waals surface area contributed by atoms with Crippen LogP contribution in [0.2, 0.25) is 0 Å². The first-order chi connectivity index (χ1) is 14.1. The fourth-order valence-corrected chi connectivity index (χ4v) is 4.05. The average Bonchev–Trinajstić information content (AvgIpc) is 3.26. The molecule has 3 aromatic carbocycles. The third kappa shape index (κ3) is 3.46. The van der Waals surface area contributed by atoms with Crippen LogP contribution in [-0.4, -0.2) is 35.5 Å². The Bertz CT molecular complexity index is 1060. The van der Waals surface area contributed by atoms with Gasteiger partial charge in [0.15, 0.2) is 23.0 Å². The Morgan fingerprint density at radius 1 is 0.633 bits per heavy atom. The summed E-state index contributed by atoms with van der Waals surface area (Å²) in [5.74, 6) is 3.29. The molecule has 1 heterocycles. The zero-order chi connectivity index (χ0) is 20.5. The van der Waals surface area contributed by atoms with Gasteiger partial charge in [0.25, 0.3) is 0 Å². The molecular weight excluding hydrogens is 406 g/mol. The van der Waals surface area contributed by atoms with E-state index in [-0.39, 0.29) is 12.4 Å². The SMILES string of the molecule is COc1cc2cc(-c3cc(OC)c(OC)c(OC)c3)c3c(c2cc1OC)CNC3.Cl. The molecule has 1 aliphatic rings. The minimum absolute atomic E-state index is 0. The molecule has 0 aliphatic carbocycles. The second-order valence-corrected chi connectivity index (χ2v) is 6.83. The topological polar surface area (TPSA) is 58.2 Å². The summed E-state index contributed by atoms with van der Waals surface area (Å²) >= 11 is 0. The molecule has 0 atom stereocenters. The summed E-state index contributed by atoms with van der Waals surface area (Å²) in [6.45, 7) is 1.60. The largest absolute Gasteiger partial charge is 0.493 e. The Morgan fingerprint density at radius 2 is 1.20 bits per heavy atom. The number of methoxy groups -OCH3 is 5. The number of fused-ring (bicyclic) bond motifs is 3. The smallest absolute Gasteiger partial charge is 0.203 e. The van der Waals surface area contributed by atoms with Gasteiger partial charge in [-0.2, -0.15) is 0 Å². The number of halogens is 1. The summed E-state index contributed by atoms with van der Waals surface area (Å²) in [5.41, 5.74) is 4.67. The van der Waals surface area contributed by atoms with Gasteiger partial charge in [0, 0.05) is 13.1 Å². The molecule has 1 N–H and O–H groups in total. The number of nitrogens with one attached hydrogen (secondary N) is 1. The lowest BCUT2D eigenvalue weighted by Crippen LogP contribution is -2.00. The van der Waals surface area contributed by atoms with Crippen LogP contribution >= 0.6 is 12.4 Å². The molecule has 0 saturated carbocycles. The van der Waals surface area contributed by atoms with Gasteiger partial charge >= 0.3 is 0 Å². The predicted octanol–water partition coefficient (Wildman–Crippen LogP) is 4.57. The molecule has 0 amide bonds. The van der Waals surface area contributed by atoms with Crippen molar-refractivity contribution in [2.24, 2.45) is 0 Å². The van der Waals surface area contributed by atoms with Crippen LogP contribution in [-0.2, 0) is 13.1 Å². The molecule has 7 heteroatoms. The monoisotopic (exact) mass is 431 g/mol. The normalized spacial score (nSPS) is 12.2. The van der Waals surface area contributed by atoms with Gasteiger partial charge < -0.3 is 29.0 Å². The van der Waals surface area contributed by atoms with E-state index in [1.54, 1.807) is 35.5 Å². The fraction of sp³-hybridized carbons (Fsp3) is 0.304. The summed E-state index contributed by atoms with van der Waals surface area (Å²) in [7, 11) is 8.18. The van der Waals surface area contributed by atoms with Crippen molar-refractivity contribution in [3.05, 3.63) is 41.5 Å². The van der Waals surface area contributed by atoms with Crippen LogP contribution < -0.4 is 29.0 Å². The Balaban J connectivity index is 0.00000256. The molecule has 0 radical (unpaired) electrons. The highest BCUT2D eigenvalue weighted by atomic mass is 35.5. The van der Waals surface area contributed by atoms with Crippen LogP contribution in [0.3, 0.4) is 0 Å². The molecule has 0 saturated heterocycles. The minimum atomic E-state index is 0. The van der Waals surface area contributed by atoms with Gasteiger partial charge in [0.2, 0.25) is 5.75 Å². The van der Waals surface area contributed by atoms with E-state index in [9.17, 15) is 0 Å². The molecule has 30 heavy (non-hydrogen) atoms. The van der Waals surface area contributed by atoms with E-state index in [1.807, 2.05) is 18.2 Å². The highest BCUT2D eigenvalue weighted by Gasteiger charge is 2.23.